The zero-order chi connectivity index (χ0) is 71.6. The summed E-state index contributed by atoms with van der Waals surface area (Å²) in [5.41, 5.74) is 14.0. The van der Waals surface area contributed by atoms with Crippen LogP contribution in [0.5, 0.6) is 17.2 Å². The molecule has 2 amide bonds. The zero-order valence-corrected chi connectivity index (χ0v) is 59.2. The number of ether oxygens (including phenoxy) is 3. The highest BCUT2D eigenvalue weighted by Gasteiger charge is 2.33. The first-order chi connectivity index (χ1) is 49.3. The molecule has 0 saturated carbocycles. The van der Waals surface area contributed by atoms with Gasteiger partial charge in [-0.3, -0.25) is 0 Å². The number of nitriles is 3. The van der Waals surface area contributed by atoms with Crippen LogP contribution >= 0.6 is 0 Å². The maximum Gasteiger partial charge on any atom is 0.317 e. The zero-order valence-electron chi connectivity index (χ0n) is 58.4. The summed E-state index contributed by atoms with van der Waals surface area (Å²) in [6, 6.07) is 50.8. The first kappa shape index (κ1) is 70.8. The van der Waals surface area contributed by atoms with Gasteiger partial charge in [-0.25, -0.2) is 17.9 Å². The topological polar surface area (TPSA) is 306 Å². The van der Waals surface area contributed by atoms with E-state index in [0.717, 1.165) is 97.1 Å². The molecule has 3 N–H and O–H groups in total. The maximum atomic E-state index is 12.9. The molecule has 4 aliphatic rings. The predicted molar refractivity (Wildman–Crippen MR) is 385 cm³/mol. The van der Waals surface area contributed by atoms with Crippen LogP contribution in [0, 0.1) is 39.9 Å². The highest BCUT2D eigenvalue weighted by atomic mass is 32.2. The van der Waals surface area contributed by atoms with E-state index in [2.05, 4.69) is 113 Å². The number of carbonyl (C=O) groups excluding carboxylic acids is 1. The molecular formula is C79H81N13O9S. The number of hydrogen-bond acceptors (Lipinski definition) is 19. The fourth-order valence-corrected chi connectivity index (χ4v) is 14.2. The van der Waals surface area contributed by atoms with E-state index >= 15 is 0 Å². The van der Waals surface area contributed by atoms with Crippen LogP contribution in [0.25, 0.3) is 68.5 Å². The van der Waals surface area contributed by atoms with E-state index in [1.54, 1.807) is 49.4 Å². The minimum Gasteiger partial charge on any atom is -0.490 e. The molecule has 3 aliphatic carbocycles. The Bertz CT molecular complexity index is 4900. The Morgan fingerprint density at radius 2 is 0.922 bits per heavy atom. The van der Waals surface area contributed by atoms with Crippen molar-refractivity contribution >= 4 is 16.1 Å². The van der Waals surface area contributed by atoms with Gasteiger partial charge in [0, 0.05) is 65.1 Å². The summed E-state index contributed by atoms with van der Waals surface area (Å²) < 4.78 is 60.6. The van der Waals surface area contributed by atoms with Gasteiger partial charge < -0.3 is 43.3 Å². The van der Waals surface area contributed by atoms with Crippen molar-refractivity contribution in [3.8, 4) is 104 Å². The molecule has 0 radical (unpaired) electrons. The summed E-state index contributed by atoms with van der Waals surface area (Å²) in [5.74, 6) is 4.83. The average Bonchev–Trinajstić information content (AvgIpc) is 1.64. The van der Waals surface area contributed by atoms with Gasteiger partial charge in [0.15, 0.2) is 0 Å². The van der Waals surface area contributed by atoms with E-state index in [9.17, 15) is 29.0 Å². The Kier molecular flexibility index (Phi) is 22.0. The molecule has 3 atom stereocenters. The standard InChI is InChI=1S/C28H31N5O3.C28H26N4O2.C23H24N4O4S/c1-17(2)35-25-10-7-19(15-20(25)16-29)27-31-26(32-36-27)23-6-4-5-22-21(23)8-9-24(22)30-28(34)33-13-11-18(3)12-14-33;1-18(2)33-26-14-11-20(15-21(26)16-29)28-31-27(32-34-28)24-10-6-9-23-22(24)12-13-25(23)30-17-19-7-4-3-5-8-19;1-4-32(28,29)27-20-10-9-17-18(20)6-5-7-19(17)22-25-23(31-26-22)15-8-11-21(30-14(2)3)16(12-15)13-24/h4-7,10,15,17-18,24H,8-9,11-14H2,1-3H3,(H,30,34);3-11,14-15,18,25,30H,12-13,17H2,1-2H3;5-8,11-12,14,20,27H,4,9-10H2,1-3H3/t24-;25-;20-/m000/s1. The highest BCUT2D eigenvalue weighted by molar-refractivity contribution is 7.89. The fourth-order valence-electron chi connectivity index (χ4n) is 13.3. The molecule has 4 heterocycles. The van der Waals surface area contributed by atoms with Crippen LogP contribution in [-0.4, -0.2) is 86.9 Å². The molecule has 102 heavy (non-hydrogen) atoms. The number of piperidine rings is 1. The normalized spacial score (nSPS) is 16.0. The van der Waals surface area contributed by atoms with E-state index < -0.39 is 10.0 Å². The number of carbonyl (C=O) groups is 1. The van der Waals surface area contributed by atoms with E-state index in [4.69, 9.17) is 27.8 Å². The number of likely N-dealkylation sites (tertiary alicyclic amines) is 1. The molecule has 22 nitrogen and oxygen atoms in total. The lowest BCUT2D eigenvalue weighted by molar-refractivity contribution is 0.170. The summed E-state index contributed by atoms with van der Waals surface area (Å²) in [6.45, 7) is 17.8. The van der Waals surface area contributed by atoms with E-state index in [1.807, 2.05) is 101 Å². The van der Waals surface area contributed by atoms with Gasteiger partial charge in [0.2, 0.25) is 27.5 Å². The molecule has 14 rings (SSSR count). The van der Waals surface area contributed by atoms with Crippen molar-refractivity contribution in [2.75, 3.05) is 18.8 Å². The van der Waals surface area contributed by atoms with Gasteiger partial charge in [-0.05, 0) is 199 Å². The maximum absolute atomic E-state index is 12.9. The highest BCUT2D eigenvalue weighted by Crippen LogP contribution is 2.42. The average molecular weight is 1390 g/mol. The number of nitrogens with one attached hydrogen (secondary N) is 3. The Hall–Kier alpha value is -11.0. The molecule has 1 aliphatic heterocycles. The third kappa shape index (κ3) is 16.4. The van der Waals surface area contributed by atoms with Crippen LogP contribution in [0.3, 0.4) is 0 Å². The fraction of sp³-hybridized carbons (Fsp3) is 0.342. The predicted octanol–water partition coefficient (Wildman–Crippen LogP) is 15.3. The monoisotopic (exact) mass is 1390 g/mol. The SMILES string of the molecule is CC(C)Oc1ccc(-c2nc(-c3cccc4c3CC[C@@H]4NCc3ccccc3)no2)cc1C#N.CC1CCN(C(=O)N[C@H]2CCc3c(-c4noc(-c5ccc(OC(C)C)c(C#N)c5)n4)cccc32)CC1.CCS(=O)(=O)N[C@H]1CCc2c(-c3noc(-c4ccc(OC(C)C)c(C#N)c4)n3)cccc21. The molecule has 10 aromatic rings. The summed E-state index contributed by atoms with van der Waals surface area (Å²) in [6.07, 6.45) is 7.08. The lowest BCUT2D eigenvalue weighted by Gasteiger charge is -2.31. The van der Waals surface area contributed by atoms with Crippen molar-refractivity contribution in [1.29, 1.82) is 15.8 Å². The first-order valence-electron chi connectivity index (χ1n) is 34.7. The Morgan fingerprint density at radius 1 is 0.529 bits per heavy atom. The van der Waals surface area contributed by atoms with Crippen LogP contribution in [0.4, 0.5) is 4.79 Å². The van der Waals surface area contributed by atoms with Gasteiger partial charge >= 0.3 is 6.03 Å². The van der Waals surface area contributed by atoms with Crippen LogP contribution < -0.4 is 29.6 Å². The van der Waals surface area contributed by atoms with Gasteiger partial charge in [-0.2, -0.15) is 30.7 Å². The Balaban J connectivity index is 0.000000145. The molecular weight excluding hydrogens is 1310 g/mol. The number of urea groups is 1. The second-order valence-electron chi connectivity index (χ2n) is 26.6. The van der Waals surface area contributed by atoms with Crippen LogP contribution in [0.15, 0.2) is 153 Å². The van der Waals surface area contributed by atoms with Gasteiger partial charge in [0.05, 0.1) is 46.8 Å². The largest absolute Gasteiger partial charge is 0.490 e. The van der Waals surface area contributed by atoms with Crippen LogP contribution in [-0.2, 0) is 35.8 Å². The number of sulfonamides is 1. The van der Waals surface area contributed by atoms with Gasteiger partial charge in [0.25, 0.3) is 17.7 Å². The van der Waals surface area contributed by atoms with E-state index in [0.29, 0.717) is 111 Å². The number of nitrogens with zero attached hydrogens (tertiary/aromatic N) is 10. The molecule has 7 aromatic carbocycles. The van der Waals surface area contributed by atoms with Crippen molar-refractivity contribution in [2.24, 2.45) is 5.92 Å². The molecule has 0 bridgehead atoms. The van der Waals surface area contributed by atoms with Crippen molar-refractivity contribution in [3.05, 3.63) is 195 Å². The third-order valence-electron chi connectivity index (χ3n) is 18.4. The lowest BCUT2D eigenvalue weighted by atomic mass is 9.99. The number of benzene rings is 7. The van der Waals surface area contributed by atoms with Crippen molar-refractivity contribution in [3.63, 3.8) is 0 Å². The Labute approximate surface area is 594 Å². The quantitative estimate of drug-likeness (QED) is 0.0677. The van der Waals surface area contributed by atoms with Gasteiger partial charge in [-0.15, -0.1) is 0 Å². The second-order valence-corrected chi connectivity index (χ2v) is 28.7. The second kappa shape index (κ2) is 31.7. The summed E-state index contributed by atoms with van der Waals surface area (Å²) >= 11 is 0. The first-order valence-corrected chi connectivity index (χ1v) is 36.3. The number of amides is 2. The lowest BCUT2D eigenvalue weighted by Crippen LogP contribution is -2.45. The summed E-state index contributed by atoms with van der Waals surface area (Å²) in [4.78, 5) is 28.6. The molecule has 1 fully saturated rings. The number of hydrogen-bond donors (Lipinski definition) is 3. The van der Waals surface area contributed by atoms with Crippen molar-refractivity contribution < 1.29 is 41.0 Å². The van der Waals surface area contributed by atoms with E-state index in [1.165, 1.54) is 16.7 Å². The molecule has 3 aromatic heterocycles. The molecule has 0 spiro atoms. The van der Waals surface area contributed by atoms with Crippen LogP contribution in [0.1, 0.15) is 161 Å². The minimum atomic E-state index is -3.31. The molecule has 23 heteroatoms. The Morgan fingerprint density at radius 3 is 1.32 bits per heavy atom. The van der Waals surface area contributed by atoms with Gasteiger partial charge in [0.1, 0.15) is 35.5 Å². The smallest absolute Gasteiger partial charge is 0.317 e. The van der Waals surface area contributed by atoms with E-state index in [-0.39, 0.29) is 42.2 Å². The third-order valence-corrected chi connectivity index (χ3v) is 19.8. The number of fused-ring (bicyclic) bond motifs is 3. The van der Waals surface area contributed by atoms with Crippen LogP contribution in [0.2, 0.25) is 0 Å². The molecule has 522 valence electrons. The number of rotatable bonds is 19. The minimum absolute atomic E-state index is 0.0147. The van der Waals surface area contributed by atoms with Crippen molar-refractivity contribution in [1.82, 2.24) is 50.7 Å². The summed E-state index contributed by atoms with van der Waals surface area (Å²) in [5, 5.41) is 48.1. The van der Waals surface area contributed by atoms with Crippen molar-refractivity contribution in [2.45, 2.75) is 150 Å². The molecule has 1 saturated heterocycles. The van der Waals surface area contributed by atoms with Gasteiger partial charge in [-0.1, -0.05) is 107 Å². The summed E-state index contributed by atoms with van der Waals surface area (Å²) in [7, 11) is -3.31. The number of aromatic nitrogens is 6. The molecule has 0 unspecified atom stereocenters.